The molecule has 0 radical (unpaired) electrons. The minimum Gasteiger partial charge on any atom is -0.367 e. The second-order valence-corrected chi connectivity index (χ2v) is 3.34. The van der Waals surface area contributed by atoms with E-state index in [4.69, 9.17) is 10.3 Å². The molecule has 3 nitrogen and oxygen atoms in total. The zero-order valence-corrected chi connectivity index (χ0v) is 7.22. The summed E-state index contributed by atoms with van der Waals surface area (Å²) in [5.74, 6) is 0.442. The Kier molecular flexibility index (Phi) is 1.89. The molecule has 0 aromatic carbocycles. The van der Waals surface area contributed by atoms with Crippen molar-refractivity contribution >= 4 is 5.88 Å². The fourth-order valence-electron chi connectivity index (χ4n) is 0.947. The maximum Gasteiger partial charge on any atom is 0.225 e. The lowest BCUT2D eigenvalue weighted by Crippen LogP contribution is -2.15. The Balaban J connectivity index is 3.00. The lowest BCUT2D eigenvalue weighted by Gasteiger charge is -2.20. The molecule has 0 unspecified atom stereocenters. The van der Waals surface area contributed by atoms with E-state index >= 15 is 0 Å². The second-order valence-electron chi connectivity index (χ2n) is 3.34. The molecule has 3 heteroatoms. The average Bonchev–Trinajstić information content (AvgIpc) is 2.36. The van der Waals surface area contributed by atoms with Gasteiger partial charge in [-0.05, 0) is 11.8 Å². The highest BCUT2D eigenvalue weighted by Crippen LogP contribution is 2.30. The Bertz CT molecular complexity index is 240. The van der Waals surface area contributed by atoms with Crippen LogP contribution in [0.25, 0.3) is 0 Å². The highest BCUT2D eigenvalue weighted by molar-refractivity contribution is 5.38. The molecule has 1 aromatic rings. The largest absolute Gasteiger partial charge is 0.367 e. The maximum absolute atomic E-state index is 5.57. The molecule has 62 valence electrons. The molecular formula is C8H14N2O. The van der Waals surface area contributed by atoms with Gasteiger partial charge in [-0.2, -0.15) is 0 Å². The first kappa shape index (κ1) is 8.11. The minimum absolute atomic E-state index is 0.0735. The zero-order valence-electron chi connectivity index (χ0n) is 7.22. The molecule has 2 N–H and O–H groups in total. The summed E-state index contributed by atoms with van der Waals surface area (Å²) in [6, 6.07) is 0. The predicted octanol–water partition coefficient (Wildman–Crippen LogP) is 1.94. The number of hydrogen-bond acceptors (Lipinski definition) is 3. The van der Waals surface area contributed by atoms with Crippen molar-refractivity contribution in [3.05, 3.63) is 11.8 Å². The monoisotopic (exact) mass is 154 g/mol. The molecule has 0 atom stereocenters. The highest BCUT2D eigenvalue weighted by Gasteiger charge is 2.23. The van der Waals surface area contributed by atoms with Crippen molar-refractivity contribution in [1.82, 2.24) is 5.16 Å². The van der Waals surface area contributed by atoms with Crippen LogP contribution in [0.1, 0.15) is 32.8 Å². The molecule has 1 heterocycles. The van der Waals surface area contributed by atoms with Crippen LogP contribution in [0.4, 0.5) is 5.88 Å². The van der Waals surface area contributed by atoms with E-state index in [-0.39, 0.29) is 5.41 Å². The molecule has 1 aromatic heterocycles. The van der Waals surface area contributed by atoms with Gasteiger partial charge >= 0.3 is 0 Å². The zero-order chi connectivity index (χ0) is 8.48. The summed E-state index contributed by atoms with van der Waals surface area (Å²) in [7, 11) is 0. The van der Waals surface area contributed by atoms with Gasteiger partial charge in [0, 0.05) is 5.56 Å². The molecule has 0 aliphatic carbocycles. The van der Waals surface area contributed by atoms with Crippen LogP contribution >= 0.6 is 0 Å². The topological polar surface area (TPSA) is 52.0 Å². The fourth-order valence-corrected chi connectivity index (χ4v) is 0.947. The van der Waals surface area contributed by atoms with Crippen LogP contribution < -0.4 is 5.73 Å². The van der Waals surface area contributed by atoms with E-state index in [2.05, 4.69) is 25.9 Å². The van der Waals surface area contributed by atoms with Gasteiger partial charge < -0.3 is 10.3 Å². The maximum atomic E-state index is 5.57. The van der Waals surface area contributed by atoms with Crippen molar-refractivity contribution < 1.29 is 4.52 Å². The van der Waals surface area contributed by atoms with Gasteiger partial charge in [-0.1, -0.05) is 25.9 Å². The molecule has 0 saturated heterocycles. The smallest absolute Gasteiger partial charge is 0.225 e. The molecule has 1 rings (SSSR count). The van der Waals surface area contributed by atoms with Crippen LogP contribution in [0.5, 0.6) is 0 Å². The predicted molar refractivity (Wildman–Crippen MR) is 44.2 cm³/mol. The SMILES string of the molecule is CCC(C)(C)c1cnoc1N. The Hall–Kier alpha value is -0.990. The van der Waals surface area contributed by atoms with E-state index in [1.165, 1.54) is 0 Å². The molecule has 0 aliphatic rings. The normalized spacial score (nSPS) is 11.9. The summed E-state index contributed by atoms with van der Waals surface area (Å²) in [4.78, 5) is 0. The Labute approximate surface area is 66.6 Å². The van der Waals surface area contributed by atoms with Crippen molar-refractivity contribution in [2.24, 2.45) is 0 Å². The van der Waals surface area contributed by atoms with Crippen LogP contribution in [-0.2, 0) is 5.41 Å². The lowest BCUT2D eigenvalue weighted by molar-refractivity contribution is 0.432. The van der Waals surface area contributed by atoms with Gasteiger partial charge in [0.2, 0.25) is 5.88 Å². The van der Waals surface area contributed by atoms with Crippen LogP contribution in [-0.4, -0.2) is 5.16 Å². The number of nitrogens with two attached hydrogens (primary N) is 1. The molecule has 0 aliphatic heterocycles. The van der Waals surface area contributed by atoms with E-state index in [9.17, 15) is 0 Å². The highest BCUT2D eigenvalue weighted by atomic mass is 16.5. The van der Waals surface area contributed by atoms with E-state index in [0.29, 0.717) is 5.88 Å². The van der Waals surface area contributed by atoms with Crippen LogP contribution in [0.2, 0.25) is 0 Å². The number of nitrogen functional groups attached to an aromatic ring is 1. The van der Waals surface area contributed by atoms with Crippen molar-refractivity contribution in [2.75, 3.05) is 5.73 Å². The fraction of sp³-hybridized carbons (Fsp3) is 0.625. The Morgan fingerprint density at radius 1 is 1.64 bits per heavy atom. The molecule has 0 saturated carbocycles. The van der Waals surface area contributed by atoms with E-state index in [1.54, 1.807) is 6.20 Å². The summed E-state index contributed by atoms with van der Waals surface area (Å²) < 4.78 is 4.78. The summed E-state index contributed by atoms with van der Waals surface area (Å²) in [6.45, 7) is 6.36. The third-order valence-corrected chi connectivity index (χ3v) is 2.21. The van der Waals surface area contributed by atoms with Gasteiger partial charge in [-0.15, -0.1) is 0 Å². The van der Waals surface area contributed by atoms with Gasteiger partial charge in [-0.3, -0.25) is 0 Å². The standard InChI is InChI=1S/C8H14N2O/c1-4-8(2,3)6-5-10-11-7(6)9/h5H,4,9H2,1-3H3. The molecular weight excluding hydrogens is 140 g/mol. The number of hydrogen-bond donors (Lipinski definition) is 1. The number of anilines is 1. The molecule has 0 fully saturated rings. The first-order valence-electron chi connectivity index (χ1n) is 3.78. The Morgan fingerprint density at radius 3 is 2.64 bits per heavy atom. The van der Waals surface area contributed by atoms with Crippen molar-refractivity contribution in [2.45, 2.75) is 32.6 Å². The summed E-state index contributed by atoms with van der Waals surface area (Å²) in [6.07, 6.45) is 2.72. The van der Waals surface area contributed by atoms with E-state index < -0.39 is 0 Å². The van der Waals surface area contributed by atoms with Crippen molar-refractivity contribution in [3.8, 4) is 0 Å². The van der Waals surface area contributed by atoms with Crippen LogP contribution in [0.15, 0.2) is 10.7 Å². The number of rotatable bonds is 2. The van der Waals surface area contributed by atoms with Gasteiger partial charge in [0.1, 0.15) is 0 Å². The summed E-state index contributed by atoms with van der Waals surface area (Å²) >= 11 is 0. The second kappa shape index (κ2) is 2.57. The first-order chi connectivity index (χ1) is 5.08. The summed E-state index contributed by atoms with van der Waals surface area (Å²) in [5, 5.41) is 3.64. The van der Waals surface area contributed by atoms with Crippen molar-refractivity contribution in [3.63, 3.8) is 0 Å². The van der Waals surface area contributed by atoms with E-state index in [0.717, 1.165) is 12.0 Å². The minimum atomic E-state index is 0.0735. The van der Waals surface area contributed by atoms with E-state index in [1.807, 2.05) is 0 Å². The van der Waals surface area contributed by atoms with Crippen LogP contribution in [0.3, 0.4) is 0 Å². The third kappa shape index (κ3) is 1.37. The average molecular weight is 154 g/mol. The molecule has 0 bridgehead atoms. The quantitative estimate of drug-likeness (QED) is 0.708. The van der Waals surface area contributed by atoms with Crippen LogP contribution in [0, 0.1) is 0 Å². The van der Waals surface area contributed by atoms with Crippen molar-refractivity contribution in [1.29, 1.82) is 0 Å². The summed E-state index contributed by atoms with van der Waals surface area (Å²) in [5.41, 5.74) is 6.65. The van der Waals surface area contributed by atoms with Gasteiger partial charge in [-0.25, -0.2) is 0 Å². The van der Waals surface area contributed by atoms with Gasteiger partial charge in [0.25, 0.3) is 0 Å². The lowest BCUT2D eigenvalue weighted by atomic mass is 9.84. The first-order valence-corrected chi connectivity index (χ1v) is 3.78. The number of nitrogens with zero attached hydrogens (tertiary/aromatic N) is 1. The molecule has 11 heavy (non-hydrogen) atoms. The molecule has 0 amide bonds. The Morgan fingerprint density at radius 2 is 2.27 bits per heavy atom. The van der Waals surface area contributed by atoms with Gasteiger partial charge in [0.15, 0.2) is 0 Å². The molecule has 0 spiro atoms. The number of aromatic nitrogens is 1. The third-order valence-electron chi connectivity index (χ3n) is 2.21. The van der Waals surface area contributed by atoms with Gasteiger partial charge in [0.05, 0.1) is 6.20 Å².